The van der Waals surface area contributed by atoms with Gasteiger partial charge in [0.2, 0.25) is 5.91 Å². The van der Waals surface area contributed by atoms with Crippen molar-refractivity contribution >= 4 is 28.9 Å². The minimum atomic E-state index is -0.896. The van der Waals surface area contributed by atoms with Crippen molar-refractivity contribution in [1.29, 1.82) is 0 Å². The van der Waals surface area contributed by atoms with E-state index in [1.165, 1.54) is 4.90 Å². The summed E-state index contributed by atoms with van der Waals surface area (Å²) in [5.74, 6) is -0.590. The van der Waals surface area contributed by atoms with Crippen LogP contribution in [0.1, 0.15) is 24.1 Å². The molecule has 35 heavy (non-hydrogen) atoms. The maximum absolute atomic E-state index is 13.8. The van der Waals surface area contributed by atoms with Crippen LogP contribution in [-0.2, 0) is 14.4 Å². The summed E-state index contributed by atoms with van der Waals surface area (Å²) in [5, 5.41) is 1.75. The number of aryl methyl sites for hydroxylation is 1. The van der Waals surface area contributed by atoms with E-state index in [1.807, 2.05) is 81.4 Å². The first-order valence-electron chi connectivity index (χ1n) is 11.8. The third-order valence-corrected chi connectivity index (χ3v) is 6.63. The van der Waals surface area contributed by atoms with Crippen molar-refractivity contribution in [3.63, 3.8) is 0 Å². The number of hydrogen-bond donors (Lipinski definition) is 0. The quantitative estimate of drug-likeness (QED) is 0.493. The van der Waals surface area contributed by atoms with Gasteiger partial charge in [-0.2, -0.15) is 0 Å². The standard InChI is InChI=1S/C28H29N3O4/c1-5-34-22-16-14-21(15-17-22)30-27(32)24-25(19-10-12-20(13-11-19)29(3)4)31(35-26(24)28(30)33)23-9-7-6-8-18(23)2/h6-17,24-26H,5H2,1-4H3/t24-,25+,26+/m0/s1. The molecule has 0 radical (unpaired) electrons. The lowest BCUT2D eigenvalue weighted by molar-refractivity contribution is -0.126. The van der Waals surface area contributed by atoms with E-state index in [9.17, 15) is 9.59 Å². The normalized spacial score (nSPS) is 21.4. The molecule has 0 saturated carbocycles. The number of para-hydroxylation sites is 1. The van der Waals surface area contributed by atoms with Gasteiger partial charge in [-0.3, -0.25) is 14.4 Å². The molecule has 2 aliphatic heterocycles. The molecule has 0 bridgehead atoms. The van der Waals surface area contributed by atoms with Crippen molar-refractivity contribution in [3.8, 4) is 5.75 Å². The lowest BCUT2D eigenvalue weighted by Gasteiger charge is -2.30. The molecule has 0 aromatic heterocycles. The van der Waals surface area contributed by atoms with Crippen molar-refractivity contribution < 1.29 is 19.2 Å². The molecule has 2 aliphatic rings. The monoisotopic (exact) mass is 471 g/mol. The lowest BCUT2D eigenvalue weighted by Crippen LogP contribution is -2.37. The zero-order chi connectivity index (χ0) is 24.7. The summed E-state index contributed by atoms with van der Waals surface area (Å²) in [6.45, 7) is 4.45. The first-order chi connectivity index (χ1) is 16.9. The molecule has 180 valence electrons. The molecule has 2 heterocycles. The van der Waals surface area contributed by atoms with Crippen molar-refractivity contribution in [2.75, 3.05) is 35.6 Å². The number of carbonyl (C=O) groups is 2. The summed E-state index contributed by atoms with van der Waals surface area (Å²) in [4.78, 5) is 36.8. The van der Waals surface area contributed by atoms with E-state index in [1.54, 1.807) is 29.3 Å². The van der Waals surface area contributed by atoms with Gasteiger partial charge in [-0.05, 0) is 67.4 Å². The Morgan fingerprint density at radius 3 is 2.23 bits per heavy atom. The minimum absolute atomic E-state index is 0.262. The maximum atomic E-state index is 13.8. The second-order valence-corrected chi connectivity index (χ2v) is 9.03. The number of hydroxylamine groups is 1. The van der Waals surface area contributed by atoms with Gasteiger partial charge in [0.15, 0.2) is 6.10 Å². The third-order valence-electron chi connectivity index (χ3n) is 6.63. The summed E-state index contributed by atoms with van der Waals surface area (Å²) in [5.41, 5.74) is 4.34. The molecular formula is C28H29N3O4. The SMILES string of the molecule is CCOc1ccc(N2C(=O)[C@H]3[C@@H](c4ccc(N(C)C)cc4)N(c4ccccc4C)O[C@H]3C2=O)cc1. The van der Waals surface area contributed by atoms with Gasteiger partial charge in [0.05, 0.1) is 24.0 Å². The fourth-order valence-corrected chi connectivity index (χ4v) is 4.86. The molecule has 5 rings (SSSR count). The zero-order valence-electron chi connectivity index (χ0n) is 20.3. The first kappa shape index (κ1) is 22.9. The second kappa shape index (κ2) is 9.07. The highest BCUT2D eigenvalue weighted by Crippen LogP contribution is 2.48. The van der Waals surface area contributed by atoms with Crippen LogP contribution in [0.15, 0.2) is 72.8 Å². The minimum Gasteiger partial charge on any atom is -0.494 e. The van der Waals surface area contributed by atoms with Crippen molar-refractivity contribution in [1.82, 2.24) is 0 Å². The average Bonchev–Trinajstić information content (AvgIpc) is 3.36. The number of anilines is 3. The topological polar surface area (TPSA) is 62.3 Å². The molecule has 2 amide bonds. The highest BCUT2D eigenvalue weighted by molar-refractivity contribution is 6.24. The Hall–Kier alpha value is -3.84. The Morgan fingerprint density at radius 1 is 0.914 bits per heavy atom. The van der Waals surface area contributed by atoms with Crippen LogP contribution in [0.2, 0.25) is 0 Å². The number of fused-ring (bicyclic) bond motifs is 1. The predicted octanol–water partition coefficient (Wildman–Crippen LogP) is 4.51. The molecule has 0 N–H and O–H groups in total. The van der Waals surface area contributed by atoms with Gasteiger partial charge < -0.3 is 9.64 Å². The molecule has 3 aromatic carbocycles. The number of carbonyl (C=O) groups excluding carboxylic acids is 2. The van der Waals surface area contributed by atoms with Crippen LogP contribution < -0.4 is 19.6 Å². The van der Waals surface area contributed by atoms with Crippen molar-refractivity contribution in [3.05, 3.63) is 83.9 Å². The number of nitrogens with zero attached hydrogens (tertiary/aromatic N) is 3. The predicted molar refractivity (Wildman–Crippen MR) is 136 cm³/mol. The second-order valence-electron chi connectivity index (χ2n) is 9.03. The van der Waals surface area contributed by atoms with E-state index in [4.69, 9.17) is 9.57 Å². The number of benzene rings is 3. The molecule has 3 atom stereocenters. The number of rotatable bonds is 6. The van der Waals surface area contributed by atoms with Gasteiger partial charge in [-0.25, -0.2) is 9.96 Å². The summed E-state index contributed by atoms with van der Waals surface area (Å²) >= 11 is 0. The fourth-order valence-electron chi connectivity index (χ4n) is 4.86. The van der Waals surface area contributed by atoms with Crippen molar-refractivity contribution in [2.24, 2.45) is 5.92 Å². The highest BCUT2D eigenvalue weighted by Gasteiger charge is 2.60. The molecule has 3 aromatic rings. The van der Waals surface area contributed by atoms with Crippen LogP contribution in [0.3, 0.4) is 0 Å². The Kier molecular flexibility index (Phi) is 5.94. The van der Waals surface area contributed by atoms with E-state index >= 15 is 0 Å². The summed E-state index contributed by atoms with van der Waals surface area (Å²) in [7, 11) is 3.97. The number of imide groups is 1. The van der Waals surface area contributed by atoms with Crippen LogP contribution in [0, 0.1) is 12.8 Å². The van der Waals surface area contributed by atoms with Crippen LogP contribution in [-0.4, -0.2) is 38.6 Å². The zero-order valence-corrected chi connectivity index (χ0v) is 20.3. The molecule has 7 nitrogen and oxygen atoms in total. The van der Waals surface area contributed by atoms with Crippen LogP contribution in [0.5, 0.6) is 5.75 Å². The molecule has 0 aliphatic carbocycles. The first-order valence-corrected chi connectivity index (χ1v) is 11.8. The third kappa shape index (κ3) is 3.91. The Bertz CT molecular complexity index is 1240. The Balaban J connectivity index is 1.54. The fraction of sp³-hybridized carbons (Fsp3) is 0.286. The number of ether oxygens (including phenoxy) is 1. The molecule has 7 heteroatoms. The Morgan fingerprint density at radius 2 is 1.60 bits per heavy atom. The number of amides is 2. The Labute approximate surface area is 205 Å². The van der Waals surface area contributed by atoms with E-state index in [2.05, 4.69) is 0 Å². The summed E-state index contributed by atoms with van der Waals surface area (Å²) in [6.07, 6.45) is -0.896. The molecular weight excluding hydrogens is 442 g/mol. The highest BCUT2D eigenvalue weighted by atomic mass is 16.7. The number of hydrogen-bond acceptors (Lipinski definition) is 6. The van der Waals surface area contributed by atoms with Crippen LogP contribution in [0.25, 0.3) is 0 Å². The van der Waals surface area contributed by atoms with Gasteiger partial charge in [0.1, 0.15) is 11.7 Å². The molecule has 2 fully saturated rings. The van der Waals surface area contributed by atoms with Crippen LogP contribution >= 0.6 is 0 Å². The maximum Gasteiger partial charge on any atom is 0.266 e. The smallest absolute Gasteiger partial charge is 0.266 e. The summed E-state index contributed by atoms with van der Waals surface area (Å²) < 4.78 is 5.50. The molecule has 2 saturated heterocycles. The molecule has 0 spiro atoms. The summed E-state index contributed by atoms with van der Waals surface area (Å²) in [6, 6.07) is 22.5. The van der Waals surface area contributed by atoms with Gasteiger partial charge >= 0.3 is 0 Å². The van der Waals surface area contributed by atoms with Gasteiger partial charge in [0.25, 0.3) is 5.91 Å². The van der Waals surface area contributed by atoms with Gasteiger partial charge in [0, 0.05) is 19.8 Å². The van der Waals surface area contributed by atoms with E-state index in [0.717, 1.165) is 22.5 Å². The van der Waals surface area contributed by atoms with Crippen molar-refractivity contribution in [2.45, 2.75) is 26.0 Å². The van der Waals surface area contributed by atoms with E-state index in [0.29, 0.717) is 18.0 Å². The van der Waals surface area contributed by atoms with E-state index < -0.39 is 18.1 Å². The van der Waals surface area contributed by atoms with Gasteiger partial charge in [-0.1, -0.05) is 30.3 Å². The van der Waals surface area contributed by atoms with E-state index in [-0.39, 0.29) is 11.8 Å². The lowest BCUT2D eigenvalue weighted by atomic mass is 9.90. The molecule has 0 unspecified atom stereocenters. The largest absolute Gasteiger partial charge is 0.494 e. The van der Waals surface area contributed by atoms with Gasteiger partial charge in [-0.15, -0.1) is 0 Å². The average molecular weight is 472 g/mol. The van der Waals surface area contributed by atoms with Crippen LogP contribution in [0.4, 0.5) is 17.1 Å².